The van der Waals surface area contributed by atoms with Gasteiger partial charge in [0.2, 0.25) is 11.8 Å². The largest absolute Gasteiger partial charge is 0.326 e. The van der Waals surface area contributed by atoms with Crippen molar-refractivity contribution in [3.8, 4) is 0 Å². The number of benzene rings is 2. The first kappa shape index (κ1) is 21.7. The third-order valence-electron chi connectivity index (χ3n) is 4.07. The molecule has 2 aromatic carbocycles. The average Bonchev–Trinajstić information content (AvgIpc) is 2.99. The van der Waals surface area contributed by atoms with Crippen LogP contribution < -0.4 is 5.32 Å². The summed E-state index contributed by atoms with van der Waals surface area (Å²) in [5.41, 5.74) is 0.389. The van der Waals surface area contributed by atoms with Crippen LogP contribution in [0.25, 0.3) is 0 Å². The number of anilines is 1. The maximum atomic E-state index is 13.0. The number of hydrogen-bond donors (Lipinski definition) is 1. The van der Waals surface area contributed by atoms with E-state index in [9.17, 15) is 22.4 Å². The van der Waals surface area contributed by atoms with Gasteiger partial charge in [-0.15, -0.1) is 11.0 Å². The lowest BCUT2D eigenvalue weighted by Gasteiger charge is -2.13. The maximum absolute atomic E-state index is 13.0. The van der Waals surface area contributed by atoms with Gasteiger partial charge < -0.3 is 5.32 Å². The summed E-state index contributed by atoms with van der Waals surface area (Å²) in [5, 5.41) is 1.74. The van der Waals surface area contributed by atoms with Crippen LogP contribution >= 0.6 is 11.8 Å². The van der Waals surface area contributed by atoms with Gasteiger partial charge in [0, 0.05) is 18.7 Å². The second-order valence-corrected chi connectivity index (χ2v) is 9.04. The smallest absolute Gasteiger partial charge is 0.284 e. The number of hydrogen-bond acceptors (Lipinski definition) is 5. The van der Waals surface area contributed by atoms with Crippen molar-refractivity contribution in [2.75, 3.05) is 11.9 Å². The minimum atomic E-state index is -4.02. The molecule has 1 atom stereocenters. The first-order valence-corrected chi connectivity index (χ1v) is 11.2. The number of rotatable bonds is 7. The molecule has 0 spiro atoms. The highest BCUT2D eigenvalue weighted by molar-refractivity contribution is 8.16. The summed E-state index contributed by atoms with van der Waals surface area (Å²) in [4.78, 5) is 26.2. The van der Waals surface area contributed by atoms with Crippen LogP contribution in [0.15, 0.2) is 76.5 Å². The van der Waals surface area contributed by atoms with E-state index in [0.29, 0.717) is 5.69 Å². The van der Waals surface area contributed by atoms with Gasteiger partial charge in [-0.3, -0.25) is 14.5 Å². The minimum absolute atomic E-state index is 0.00149. The van der Waals surface area contributed by atoms with Gasteiger partial charge >= 0.3 is 0 Å². The van der Waals surface area contributed by atoms with E-state index in [1.165, 1.54) is 47.4 Å². The number of nitrogens with one attached hydrogen (secondary N) is 1. The van der Waals surface area contributed by atoms with Crippen molar-refractivity contribution in [3.63, 3.8) is 0 Å². The van der Waals surface area contributed by atoms with Crippen molar-refractivity contribution in [1.29, 1.82) is 0 Å². The summed E-state index contributed by atoms with van der Waals surface area (Å²) in [6, 6.07) is 12.9. The number of carbonyl (C=O) groups is 2. The van der Waals surface area contributed by atoms with Crippen LogP contribution in [0.5, 0.6) is 0 Å². The third-order valence-corrected chi connectivity index (χ3v) is 6.64. The number of nitrogens with zero attached hydrogens (tertiary/aromatic N) is 2. The molecule has 1 N–H and O–H groups in total. The quantitative estimate of drug-likeness (QED) is 0.659. The predicted octanol–water partition coefficient (Wildman–Crippen LogP) is 3.03. The van der Waals surface area contributed by atoms with E-state index >= 15 is 0 Å². The summed E-state index contributed by atoms with van der Waals surface area (Å²) < 4.78 is 41.9. The minimum Gasteiger partial charge on any atom is -0.326 e. The molecule has 1 heterocycles. The number of amidine groups is 1. The van der Waals surface area contributed by atoms with Gasteiger partial charge in [-0.2, -0.15) is 8.42 Å². The molecule has 3 rings (SSSR count). The van der Waals surface area contributed by atoms with Crippen molar-refractivity contribution >= 4 is 44.5 Å². The van der Waals surface area contributed by atoms with E-state index < -0.39 is 32.9 Å². The lowest BCUT2D eigenvalue weighted by molar-refractivity contribution is -0.127. The molecule has 1 saturated heterocycles. The van der Waals surface area contributed by atoms with E-state index in [2.05, 4.69) is 16.3 Å². The Morgan fingerprint density at radius 3 is 2.50 bits per heavy atom. The van der Waals surface area contributed by atoms with Crippen LogP contribution in [0, 0.1) is 5.82 Å². The number of carbonyl (C=O) groups excluding carboxylic acids is 2. The van der Waals surface area contributed by atoms with Crippen LogP contribution in [0.4, 0.5) is 10.1 Å². The zero-order valence-electron chi connectivity index (χ0n) is 15.7. The number of halogens is 1. The number of sulfonamides is 1. The molecule has 1 aliphatic heterocycles. The van der Waals surface area contributed by atoms with E-state index in [0.717, 1.165) is 11.8 Å². The second kappa shape index (κ2) is 9.23. The van der Waals surface area contributed by atoms with Crippen molar-refractivity contribution in [3.05, 3.63) is 73.1 Å². The average molecular weight is 448 g/mol. The van der Waals surface area contributed by atoms with Gasteiger partial charge in [-0.05, 0) is 36.4 Å². The van der Waals surface area contributed by atoms with Gasteiger partial charge in [0.25, 0.3) is 10.0 Å². The SMILES string of the molecule is C=CCN1C(=O)C(CC(=O)Nc2ccc(F)cc2)S/C1=N/S(=O)(=O)c1ccccc1. The number of amides is 2. The van der Waals surface area contributed by atoms with Gasteiger partial charge in [-0.25, -0.2) is 4.39 Å². The van der Waals surface area contributed by atoms with E-state index in [-0.39, 0.29) is 23.0 Å². The highest BCUT2D eigenvalue weighted by Gasteiger charge is 2.39. The Hall–Kier alpha value is -2.98. The topological polar surface area (TPSA) is 95.9 Å². The van der Waals surface area contributed by atoms with Gasteiger partial charge in [0.15, 0.2) is 5.17 Å². The van der Waals surface area contributed by atoms with E-state index in [1.807, 2.05) is 0 Å². The van der Waals surface area contributed by atoms with Crippen molar-refractivity contribution in [2.24, 2.45) is 4.40 Å². The molecule has 156 valence electrons. The molecule has 0 radical (unpaired) electrons. The summed E-state index contributed by atoms with van der Waals surface area (Å²) in [7, 11) is -4.02. The van der Waals surface area contributed by atoms with Gasteiger partial charge in [0.1, 0.15) is 11.1 Å². The lowest BCUT2D eigenvalue weighted by atomic mass is 10.2. The summed E-state index contributed by atoms with van der Waals surface area (Å²) >= 11 is 0.908. The van der Waals surface area contributed by atoms with Crippen LogP contribution in [0.2, 0.25) is 0 Å². The molecule has 0 aromatic heterocycles. The highest BCUT2D eigenvalue weighted by Crippen LogP contribution is 2.31. The normalized spacial score (nSPS) is 17.9. The zero-order valence-corrected chi connectivity index (χ0v) is 17.3. The summed E-state index contributed by atoms with van der Waals surface area (Å²) in [5.74, 6) is -1.33. The van der Waals surface area contributed by atoms with Crippen molar-refractivity contribution in [2.45, 2.75) is 16.6 Å². The first-order chi connectivity index (χ1) is 14.3. The Kier molecular flexibility index (Phi) is 6.68. The number of thioether (sulfide) groups is 1. The fourth-order valence-corrected chi connectivity index (χ4v) is 5.05. The van der Waals surface area contributed by atoms with Crippen LogP contribution in [-0.4, -0.2) is 42.1 Å². The highest BCUT2D eigenvalue weighted by atomic mass is 32.2. The maximum Gasteiger partial charge on any atom is 0.284 e. The van der Waals surface area contributed by atoms with Crippen LogP contribution in [-0.2, 0) is 19.6 Å². The first-order valence-electron chi connectivity index (χ1n) is 8.84. The summed E-state index contributed by atoms with van der Waals surface area (Å²) in [6.07, 6.45) is 1.25. The lowest BCUT2D eigenvalue weighted by Crippen LogP contribution is -2.33. The zero-order chi connectivity index (χ0) is 21.7. The molecule has 1 unspecified atom stereocenters. The molecule has 1 aliphatic rings. The van der Waals surface area contributed by atoms with Crippen LogP contribution in [0.1, 0.15) is 6.42 Å². The molecule has 7 nitrogen and oxygen atoms in total. The Balaban J connectivity index is 1.78. The monoisotopic (exact) mass is 447 g/mol. The fraction of sp³-hybridized carbons (Fsp3) is 0.150. The van der Waals surface area contributed by atoms with Gasteiger partial charge in [0.05, 0.1) is 4.90 Å². The molecular formula is C20H18FN3O4S2. The standard InChI is InChI=1S/C20H18FN3O4S2/c1-2-12-24-19(26)17(13-18(25)22-15-10-8-14(21)9-11-15)29-20(24)23-30(27,28)16-6-4-3-5-7-16/h2-11,17H,1,12-13H2,(H,22,25)/b23-20+. The van der Waals surface area contributed by atoms with Crippen molar-refractivity contribution in [1.82, 2.24) is 4.90 Å². The van der Waals surface area contributed by atoms with Crippen molar-refractivity contribution < 1.29 is 22.4 Å². The predicted molar refractivity (Wildman–Crippen MR) is 114 cm³/mol. The molecule has 0 bridgehead atoms. The van der Waals surface area contributed by atoms with Crippen LogP contribution in [0.3, 0.4) is 0 Å². The molecule has 10 heteroatoms. The molecule has 1 fully saturated rings. The molecule has 0 saturated carbocycles. The van der Waals surface area contributed by atoms with Gasteiger partial charge in [-0.1, -0.05) is 36.0 Å². The molecule has 2 amide bonds. The fourth-order valence-electron chi connectivity index (χ4n) is 2.67. The Bertz CT molecular complexity index is 1090. The summed E-state index contributed by atoms with van der Waals surface area (Å²) in [6.45, 7) is 3.64. The molecular weight excluding hydrogens is 429 g/mol. The Morgan fingerprint density at radius 2 is 1.87 bits per heavy atom. The van der Waals surface area contributed by atoms with E-state index in [4.69, 9.17) is 0 Å². The third kappa shape index (κ3) is 5.14. The van der Waals surface area contributed by atoms with E-state index in [1.54, 1.807) is 18.2 Å². The Morgan fingerprint density at radius 1 is 1.20 bits per heavy atom. The Labute approximate surface area is 177 Å². The molecule has 0 aliphatic carbocycles. The molecule has 2 aromatic rings. The second-order valence-electron chi connectivity index (χ2n) is 6.27. The molecule has 30 heavy (non-hydrogen) atoms.